The van der Waals surface area contributed by atoms with Gasteiger partial charge in [0.2, 0.25) is 5.91 Å². The van der Waals surface area contributed by atoms with E-state index in [2.05, 4.69) is 5.10 Å². The number of fused-ring (bicyclic) bond motifs is 2. The van der Waals surface area contributed by atoms with Crippen LogP contribution >= 0.6 is 11.8 Å². The monoisotopic (exact) mass is 490 g/mol. The van der Waals surface area contributed by atoms with Crippen LogP contribution < -0.4 is 14.5 Å². The van der Waals surface area contributed by atoms with E-state index in [4.69, 9.17) is 4.74 Å². The number of carbonyl (C=O) groups is 3. The lowest BCUT2D eigenvalue weighted by Gasteiger charge is -2.29. The fraction of sp³-hybridized carbons (Fsp3) is 0.280. The van der Waals surface area contributed by atoms with Gasteiger partial charge in [0.25, 0.3) is 5.91 Å². The molecule has 0 saturated carbocycles. The Labute approximate surface area is 205 Å². The average Bonchev–Trinajstić information content (AvgIpc) is 3.50. The van der Waals surface area contributed by atoms with E-state index in [9.17, 15) is 19.5 Å². The second-order valence-electron chi connectivity index (χ2n) is 8.60. The highest BCUT2D eigenvalue weighted by molar-refractivity contribution is 8.00. The quantitative estimate of drug-likeness (QED) is 0.600. The van der Waals surface area contributed by atoms with Crippen LogP contribution in [-0.2, 0) is 17.6 Å². The smallest absolute Gasteiger partial charge is 0.356 e. The third-order valence-electron chi connectivity index (χ3n) is 6.60. The summed E-state index contributed by atoms with van der Waals surface area (Å²) in [4.78, 5) is 41.3. The molecule has 0 atom stereocenters. The molecule has 0 bridgehead atoms. The van der Waals surface area contributed by atoms with Crippen LogP contribution in [0.3, 0.4) is 0 Å². The van der Waals surface area contributed by atoms with Gasteiger partial charge in [0.1, 0.15) is 11.4 Å². The van der Waals surface area contributed by atoms with Crippen molar-refractivity contribution in [1.29, 1.82) is 0 Å². The van der Waals surface area contributed by atoms with Crippen molar-refractivity contribution in [3.63, 3.8) is 0 Å². The van der Waals surface area contributed by atoms with Crippen molar-refractivity contribution in [2.75, 3.05) is 41.0 Å². The number of anilines is 2. The third-order valence-corrected chi connectivity index (χ3v) is 7.52. The van der Waals surface area contributed by atoms with Crippen molar-refractivity contribution in [2.45, 2.75) is 12.8 Å². The maximum atomic E-state index is 13.7. The lowest BCUT2D eigenvalue weighted by atomic mass is 10.0. The van der Waals surface area contributed by atoms with E-state index < -0.39 is 5.97 Å². The minimum Gasteiger partial charge on any atom is -0.493 e. The predicted molar refractivity (Wildman–Crippen MR) is 131 cm³/mol. The topological polar surface area (TPSA) is 105 Å². The number of carboxylic acids is 1. The van der Waals surface area contributed by atoms with Crippen molar-refractivity contribution < 1.29 is 24.2 Å². The molecule has 3 aliphatic rings. The second kappa shape index (κ2) is 8.46. The van der Waals surface area contributed by atoms with Gasteiger partial charge in [-0.3, -0.25) is 9.59 Å². The second-order valence-corrected chi connectivity index (χ2v) is 9.71. The first-order chi connectivity index (χ1) is 17.0. The summed E-state index contributed by atoms with van der Waals surface area (Å²) < 4.78 is 7.03. The first kappa shape index (κ1) is 21.7. The summed E-state index contributed by atoms with van der Waals surface area (Å²) in [6.45, 7) is 1.60. The number of ether oxygens (including phenoxy) is 1. The molecule has 9 nitrogen and oxygen atoms in total. The Morgan fingerprint density at radius 1 is 0.971 bits per heavy atom. The number of aromatic nitrogens is 2. The molecule has 10 heteroatoms. The fourth-order valence-electron chi connectivity index (χ4n) is 4.87. The SMILES string of the molecule is O=C(O)c1nn(-c2ccc3c(c2)CCO3)c2c1CCN(c1ccc(N3CCSCC3=O)cc1)C2=O. The normalized spacial score (nSPS) is 17.3. The number of benzene rings is 2. The van der Waals surface area contributed by atoms with E-state index in [0.29, 0.717) is 48.8 Å². The minimum absolute atomic E-state index is 0.0811. The van der Waals surface area contributed by atoms with E-state index in [1.165, 1.54) is 4.68 Å². The number of thioether (sulfide) groups is 1. The predicted octanol–water partition coefficient (Wildman–Crippen LogP) is 2.79. The molecule has 0 spiro atoms. The van der Waals surface area contributed by atoms with Crippen LogP contribution in [0.2, 0.25) is 0 Å². The van der Waals surface area contributed by atoms with E-state index in [-0.39, 0.29) is 23.2 Å². The van der Waals surface area contributed by atoms with Gasteiger partial charge < -0.3 is 19.6 Å². The van der Waals surface area contributed by atoms with Crippen LogP contribution in [0.15, 0.2) is 42.5 Å². The summed E-state index contributed by atoms with van der Waals surface area (Å²) >= 11 is 1.63. The maximum absolute atomic E-state index is 13.7. The highest BCUT2D eigenvalue weighted by atomic mass is 32.2. The molecular formula is C25H22N4O5S. The van der Waals surface area contributed by atoms with Crippen LogP contribution in [-0.4, -0.2) is 63.9 Å². The Kier molecular flexibility index (Phi) is 5.25. The fourth-order valence-corrected chi connectivity index (χ4v) is 5.66. The number of aromatic carboxylic acids is 1. The number of hydrogen-bond acceptors (Lipinski definition) is 6. The van der Waals surface area contributed by atoms with Gasteiger partial charge in [-0.2, -0.15) is 16.9 Å². The maximum Gasteiger partial charge on any atom is 0.356 e. The van der Waals surface area contributed by atoms with Crippen molar-refractivity contribution in [1.82, 2.24) is 9.78 Å². The minimum atomic E-state index is -1.15. The molecule has 0 unspecified atom stereocenters. The zero-order chi connectivity index (χ0) is 24.1. The number of hydrogen-bond donors (Lipinski definition) is 1. The molecule has 35 heavy (non-hydrogen) atoms. The van der Waals surface area contributed by atoms with Gasteiger partial charge >= 0.3 is 5.97 Å². The van der Waals surface area contributed by atoms with E-state index in [1.807, 2.05) is 36.4 Å². The van der Waals surface area contributed by atoms with Crippen molar-refractivity contribution in [3.05, 3.63) is 65.0 Å². The first-order valence-corrected chi connectivity index (χ1v) is 12.6. The van der Waals surface area contributed by atoms with Gasteiger partial charge in [-0.15, -0.1) is 0 Å². The van der Waals surface area contributed by atoms with Gasteiger partial charge in [0.15, 0.2) is 5.69 Å². The van der Waals surface area contributed by atoms with Gasteiger partial charge in [-0.25, -0.2) is 9.48 Å². The number of carbonyl (C=O) groups excluding carboxylic acids is 2. The third kappa shape index (κ3) is 3.65. The molecule has 2 amide bonds. The largest absolute Gasteiger partial charge is 0.493 e. The molecule has 3 aromatic rings. The molecule has 4 heterocycles. The first-order valence-electron chi connectivity index (χ1n) is 11.4. The molecule has 2 aromatic carbocycles. The number of amides is 2. The molecule has 6 rings (SSSR count). The van der Waals surface area contributed by atoms with Gasteiger partial charge in [-0.1, -0.05) is 0 Å². The zero-order valence-corrected chi connectivity index (χ0v) is 19.6. The van der Waals surface area contributed by atoms with Gasteiger partial charge in [0.05, 0.1) is 18.0 Å². The van der Waals surface area contributed by atoms with Crippen LogP contribution in [0.4, 0.5) is 11.4 Å². The highest BCUT2D eigenvalue weighted by Gasteiger charge is 2.35. The Bertz CT molecular complexity index is 1370. The van der Waals surface area contributed by atoms with E-state index >= 15 is 0 Å². The van der Waals surface area contributed by atoms with Crippen molar-refractivity contribution >= 4 is 40.9 Å². The summed E-state index contributed by atoms with van der Waals surface area (Å²) in [5, 5.41) is 14.1. The van der Waals surface area contributed by atoms with Crippen LogP contribution in [0.1, 0.15) is 32.1 Å². The lowest BCUT2D eigenvalue weighted by Crippen LogP contribution is -2.39. The Balaban J connectivity index is 1.36. The van der Waals surface area contributed by atoms with Gasteiger partial charge in [0, 0.05) is 42.2 Å². The zero-order valence-electron chi connectivity index (χ0n) is 18.8. The molecule has 178 valence electrons. The number of rotatable bonds is 4. The molecule has 3 aliphatic heterocycles. The standard InChI is InChI=1S/C25H22N4O5S/c30-21-14-35-12-10-27(21)16-1-3-17(4-2-16)28-9-7-19-22(25(32)33)26-29(23(19)24(28)31)18-5-6-20-15(13-18)8-11-34-20/h1-6,13H,7-12,14H2,(H,32,33). The lowest BCUT2D eigenvalue weighted by molar-refractivity contribution is -0.116. The van der Waals surface area contributed by atoms with Gasteiger partial charge in [-0.05, 0) is 54.4 Å². The van der Waals surface area contributed by atoms with Crippen LogP contribution in [0.25, 0.3) is 5.69 Å². The summed E-state index contributed by atoms with van der Waals surface area (Å²) in [5.41, 5.74) is 3.75. The highest BCUT2D eigenvalue weighted by Crippen LogP contribution is 2.33. The Morgan fingerprint density at radius 3 is 2.46 bits per heavy atom. The summed E-state index contributed by atoms with van der Waals surface area (Å²) in [6, 6.07) is 12.9. The molecular weight excluding hydrogens is 468 g/mol. The van der Waals surface area contributed by atoms with E-state index in [1.54, 1.807) is 27.6 Å². The molecule has 1 fully saturated rings. The van der Waals surface area contributed by atoms with Crippen molar-refractivity contribution in [2.24, 2.45) is 0 Å². The number of carboxylic acid groups (broad SMARTS) is 1. The summed E-state index contributed by atoms with van der Waals surface area (Å²) in [7, 11) is 0. The van der Waals surface area contributed by atoms with Crippen molar-refractivity contribution in [3.8, 4) is 11.4 Å². The van der Waals surface area contributed by atoms with Crippen LogP contribution in [0, 0.1) is 0 Å². The number of nitrogens with zero attached hydrogens (tertiary/aromatic N) is 4. The molecule has 1 aromatic heterocycles. The molecule has 0 radical (unpaired) electrons. The average molecular weight is 491 g/mol. The summed E-state index contributed by atoms with van der Waals surface area (Å²) in [5.74, 6) is 0.788. The van der Waals surface area contributed by atoms with E-state index in [0.717, 1.165) is 29.2 Å². The summed E-state index contributed by atoms with van der Waals surface area (Å²) in [6.07, 6.45) is 1.13. The molecule has 0 aliphatic carbocycles. The molecule has 1 N–H and O–H groups in total. The Hall–Kier alpha value is -3.79. The Morgan fingerprint density at radius 2 is 1.71 bits per heavy atom. The molecule has 1 saturated heterocycles. The van der Waals surface area contributed by atoms with Crippen LogP contribution in [0.5, 0.6) is 5.75 Å².